The number of benzene rings is 4. The average Bonchev–Trinajstić information content (AvgIpc) is 4.23. The van der Waals surface area contributed by atoms with Crippen molar-refractivity contribution < 1.29 is 89.2 Å². The number of hydrogen-bond donors (Lipinski definition) is 0. The van der Waals surface area contributed by atoms with Crippen molar-refractivity contribution in [2.24, 2.45) is 0 Å². The van der Waals surface area contributed by atoms with Crippen LogP contribution in [0.15, 0.2) is 213 Å². The molecule has 4 nitrogen and oxygen atoms in total. The van der Waals surface area contributed by atoms with Crippen molar-refractivity contribution in [3.05, 3.63) is 217 Å². The van der Waals surface area contributed by atoms with Crippen molar-refractivity contribution in [1.82, 2.24) is 0 Å². The Morgan fingerprint density at radius 2 is 0.513 bits per heavy atom. The van der Waals surface area contributed by atoms with E-state index in [2.05, 4.69) is 203 Å². The predicted molar refractivity (Wildman–Crippen MR) is 320 cm³/mol. The van der Waals surface area contributed by atoms with Gasteiger partial charge in [0.05, 0.1) is 25.1 Å². The van der Waals surface area contributed by atoms with E-state index in [0.29, 0.717) is 23.7 Å². The van der Waals surface area contributed by atoms with Gasteiger partial charge in [-0.15, -0.1) is 138 Å². The van der Waals surface area contributed by atoms with Gasteiger partial charge in [-0.1, -0.05) is 79.7 Å². The molecule has 12 aromatic rings. The van der Waals surface area contributed by atoms with Crippen LogP contribution in [-0.4, -0.2) is 10.9 Å². The Kier molecular flexibility index (Phi) is 25.2. The van der Waals surface area contributed by atoms with Crippen molar-refractivity contribution in [2.75, 3.05) is 0 Å². The molecular formula is C68H72Cl2O4Si2Zr2-2. The molecule has 0 aliphatic carbocycles. The van der Waals surface area contributed by atoms with Gasteiger partial charge in [-0.2, -0.15) is 24.3 Å². The van der Waals surface area contributed by atoms with Crippen LogP contribution in [0, 0.1) is 0 Å². The van der Waals surface area contributed by atoms with Gasteiger partial charge in [-0.3, -0.25) is 0 Å². The molecule has 0 radical (unpaired) electrons. The summed E-state index contributed by atoms with van der Waals surface area (Å²) in [5.41, 5.74) is 10.7. The second-order valence-electron chi connectivity index (χ2n) is 20.9. The maximum absolute atomic E-state index is 5.50. The summed E-state index contributed by atoms with van der Waals surface area (Å²) in [6, 6.07) is 59.4. The van der Waals surface area contributed by atoms with Crippen LogP contribution >= 0.6 is 0 Å². The van der Waals surface area contributed by atoms with E-state index in [1.54, 1.807) is 71.7 Å². The summed E-state index contributed by atoms with van der Waals surface area (Å²) in [4.78, 5) is 0. The Morgan fingerprint density at radius 3 is 0.667 bits per heavy atom. The van der Waals surface area contributed by atoms with E-state index < -0.39 is 0 Å². The standard InChI is InChI=1S/4C16H15O.2C2H6Si.2ClH.2Zr/c4*1-11(2)13-9-12-5-3-6-14(15(12)10-13)16-7-4-8-17-16;2*1-3-2;;;;/h4*3-11H,1-2H3;2*1-2H3;2*1H;;/q4*-1;;;;;2*+2/p-2. The first-order chi connectivity index (χ1) is 36.5. The van der Waals surface area contributed by atoms with Gasteiger partial charge >= 0.3 is 83.7 Å². The molecule has 0 fully saturated rings. The summed E-state index contributed by atoms with van der Waals surface area (Å²) in [5.74, 6) is 6.01. The van der Waals surface area contributed by atoms with Crippen molar-refractivity contribution in [3.8, 4) is 45.3 Å². The van der Waals surface area contributed by atoms with Crippen LogP contribution in [0.3, 0.4) is 0 Å². The normalized spacial score (nSPS) is 10.7. The van der Waals surface area contributed by atoms with Gasteiger partial charge in [0.15, 0.2) is 0 Å². The van der Waals surface area contributed by atoms with Crippen LogP contribution < -0.4 is 24.8 Å². The van der Waals surface area contributed by atoms with E-state index >= 15 is 0 Å². The van der Waals surface area contributed by atoms with Crippen LogP contribution in [0.1, 0.15) is 101 Å². The molecule has 0 saturated heterocycles. The van der Waals surface area contributed by atoms with Crippen LogP contribution in [0.4, 0.5) is 0 Å². The fourth-order valence-corrected chi connectivity index (χ4v) is 8.95. The van der Waals surface area contributed by atoms with Crippen molar-refractivity contribution in [2.45, 2.75) is 105 Å². The number of halogens is 2. The van der Waals surface area contributed by atoms with Gasteiger partial charge in [-0.25, -0.2) is 0 Å². The molecule has 10 heteroatoms. The summed E-state index contributed by atoms with van der Waals surface area (Å²) in [7, 11) is 0. The number of hydrogen-bond acceptors (Lipinski definition) is 4. The van der Waals surface area contributed by atoms with E-state index in [1.807, 2.05) is 48.5 Å². The zero-order valence-corrected chi connectivity index (χ0v) is 55.6. The summed E-state index contributed by atoms with van der Waals surface area (Å²) >= 11 is 3.48. The molecule has 0 atom stereocenters. The van der Waals surface area contributed by atoms with Gasteiger partial charge < -0.3 is 42.5 Å². The molecule has 8 aromatic carbocycles. The third-order valence-corrected chi connectivity index (χ3v) is 12.9. The van der Waals surface area contributed by atoms with Gasteiger partial charge in [0, 0.05) is 0 Å². The minimum atomic E-state index is 0. The quantitative estimate of drug-likeness (QED) is 0.112. The summed E-state index contributed by atoms with van der Waals surface area (Å²) in [6.07, 6.45) is 6.89. The maximum atomic E-state index is 5.50. The molecule has 12 rings (SSSR count). The summed E-state index contributed by atoms with van der Waals surface area (Å²) in [5, 5.41) is 10.3. The van der Waals surface area contributed by atoms with Gasteiger partial charge in [0.2, 0.25) is 0 Å². The summed E-state index contributed by atoms with van der Waals surface area (Å²) in [6.45, 7) is 27.0. The fraction of sp³-hybridized carbons (Fsp3) is 0.235. The molecule has 0 unspecified atom stereocenters. The number of furan rings is 4. The summed E-state index contributed by atoms with van der Waals surface area (Å²) < 4.78 is 22.0. The fourth-order valence-electron chi connectivity index (χ4n) is 8.95. The Hall–Kier alpha value is -4.78. The van der Waals surface area contributed by atoms with Crippen molar-refractivity contribution >= 4 is 54.0 Å². The molecule has 0 N–H and O–H groups in total. The predicted octanol–water partition coefficient (Wildman–Crippen LogP) is 15.3. The zero-order valence-electron chi connectivity index (χ0n) is 47.2. The monoisotopic (exact) mass is 1260 g/mol. The average molecular weight is 1260 g/mol. The molecule has 0 amide bonds. The first-order valence-electron chi connectivity index (χ1n) is 26.4. The Labute approximate surface area is 506 Å². The second kappa shape index (κ2) is 30.7. The van der Waals surface area contributed by atoms with Gasteiger partial charge in [0.25, 0.3) is 0 Å². The molecule has 0 saturated carbocycles. The van der Waals surface area contributed by atoms with Crippen molar-refractivity contribution in [1.29, 1.82) is 0 Å². The second-order valence-corrected chi connectivity index (χ2v) is 39.7. The molecule has 4 aromatic heterocycles. The van der Waals surface area contributed by atoms with Crippen LogP contribution in [0.2, 0.25) is 26.2 Å². The first-order valence-corrected chi connectivity index (χ1v) is 38.8. The van der Waals surface area contributed by atoms with Crippen LogP contribution in [-0.2, 0) is 46.7 Å². The molecular weight excluding hydrogens is 1190 g/mol. The first kappa shape index (κ1) is 64.0. The van der Waals surface area contributed by atoms with Gasteiger partial charge in [0.1, 0.15) is 23.0 Å². The van der Waals surface area contributed by atoms with Crippen LogP contribution in [0.25, 0.3) is 88.4 Å². The third-order valence-electron chi connectivity index (χ3n) is 12.9. The SMILES string of the molecule is CC(C)c1cc2c(-c3ccco3)cccc2[cH-]1.CC(C)c1cc2c(-c3ccco3)cccc2[cH-]1.CC(C)c1cc2c(-c3ccco3)cccc2[cH-]1.CC(C)c1cc2c(-c3ccco3)cccc2[cH-]1.C[Si](C)=[Zr+2].C[Si](C)=[Zr+2].[Cl-].[Cl-]. The Balaban J connectivity index is 0.000000181. The minimum Gasteiger partial charge on any atom is -1.00 e. The van der Waals surface area contributed by atoms with E-state index in [-0.39, 0.29) is 35.7 Å². The number of rotatable bonds is 8. The van der Waals surface area contributed by atoms with E-state index in [4.69, 9.17) is 17.7 Å². The molecule has 400 valence electrons. The largest absolute Gasteiger partial charge is 1.00 e. The van der Waals surface area contributed by atoms with Crippen LogP contribution in [0.5, 0.6) is 0 Å². The maximum Gasteiger partial charge on any atom is -1.00 e. The topological polar surface area (TPSA) is 52.6 Å². The molecule has 0 aliphatic heterocycles. The zero-order chi connectivity index (χ0) is 54.5. The number of fused-ring (bicyclic) bond motifs is 4. The Morgan fingerprint density at radius 1 is 0.321 bits per heavy atom. The Bertz CT molecular complexity index is 3210. The van der Waals surface area contributed by atoms with E-state index in [9.17, 15) is 0 Å². The smallest absolute Gasteiger partial charge is 1.00 e. The van der Waals surface area contributed by atoms with E-state index in [0.717, 1.165) is 23.0 Å². The molecule has 78 heavy (non-hydrogen) atoms. The molecule has 0 aliphatic rings. The van der Waals surface area contributed by atoms with Gasteiger partial charge in [-0.05, 0) is 94.5 Å². The minimum absolute atomic E-state index is 0. The third kappa shape index (κ3) is 17.1. The van der Waals surface area contributed by atoms with Crippen molar-refractivity contribution in [3.63, 3.8) is 0 Å². The molecule has 0 bridgehead atoms. The molecule has 4 heterocycles. The molecule has 0 spiro atoms. The van der Waals surface area contributed by atoms with E-state index in [1.165, 1.54) is 87.6 Å².